The smallest absolute Gasteiger partial charge is 0.163 e. The minimum absolute atomic E-state index is 0.0895. The molecule has 1 fully saturated rings. The molecular formula is C24H31NO. The molecule has 0 unspecified atom stereocenters. The van der Waals surface area contributed by atoms with Crippen LogP contribution in [-0.2, 0) is 6.42 Å². The van der Waals surface area contributed by atoms with Gasteiger partial charge in [-0.3, -0.25) is 4.79 Å². The molecular weight excluding hydrogens is 318 g/mol. The van der Waals surface area contributed by atoms with Gasteiger partial charge in [0, 0.05) is 23.1 Å². The minimum atomic E-state index is 0.0895. The third-order valence-electron chi connectivity index (χ3n) is 5.28. The van der Waals surface area contributed by atoms with E-state index in [1.54, 1.807) is 0 Å². The molecule has 0 aromatic heterocycles. The number of rotatable bonds is 5. The average molecular weight is 350 g/mol. The number of piperidine rings is 1. The molecule has 138 valence electrons. The lowest BCUT2D eigenvalue weighted by Gasteiger charge is -2.46. The van der Waals surface area contributed by atoms with Crippen LogP contribution in [0, 0.1) is 5.92 Å². The van der Waals surface area contributed by atoms with Gasteiger partial charge in [-0.15, -0.1) is 0 Å². The predicted molar refractivity (Wildman–Crippen MR) is 109 cm³/mol. The van der Waals surface area contributed by atoms with E-state index < -0.39 is 0 Å². The van der Waals surface area contributed by atoms with Crippen molar-refractivity contribution < 1.29 is 4.79 Å². The van der Waals surface area contributed by atoms with E-state index in [4.69, 9.17) is 0 Å². The topological polar surface area (TPSA) is 29.1 Å². The Morgan fingerprint density at radius 1 is 0.885 bits per heavy atom. The number of hydrogen-bond acceptors (Lipinski definition) is 2. The number of carbonyl (C=O) groups excluding carboxylic acids is 1. The summed E-state index contributed by atoms with van der Waals surface area (Å²) in [5.41, 5.74) is 3.57. The zero-order chi connectivity index (χ0) is 18.8. The summed E-state index contributed by atoms with van der Waals surface area (Å²) in [4.78, 5) is 12.8. The molecule has 1 aliphatic rings. The highest BCUT2D eigenvalue weighted by atomic mass is 16.1. The summed E-state index contributed by atoms with van der Waals surface area (Å²) < 4.78 is 0. The Hall–Kier alpha value is -1.93. The Bertz CT molecular complexity index is 728. The number of benzene rings is 2. The predicted octanol–water partition coefficient (Wildman–Crippen LogP) is 5.41. The van der Waals surface area contributed by atoms with Crippen molar-refractivity contribution in [2.24, 2.45) is 5.92 Å². The quantitative estimate of drug-likeness (QED) is 0.732. The molecule has 0 aliphatic carbocycles. The molecule has 0 spiro atoms. The second kappa shape index (κ2) is 7.36. The van der Waals surface area contributed by atoms with Gasteiger partial charge in [0.25, 0.3) is 0 Å². The van der Waals surface area contributed by atoms with E-state index in [2.05, 4.69) is 69.4 Å². The van der Waals surface area contributed by atoms with Crippen LogP contribution in [0.25, 0.3) is 0 Å². The summed E-state index contributed by atoms with van der Waals surface area (Å²) >= 11 is 0. The van der Waals surface area contributed by atoms with Gasteiger partial charge in [0.2, 0.25) is 0 Å². The van der Waals surface area contributed by atoms with Crippen LogP contribution < -0.4 is 5.32 Å². The summed E-state index contributed by atoms with van der Waals surface area (Å²) in [7, 11) is 0. The van der Waals surface area contributed by atoms with Crippen molar-refractivity contribution in [3.63, 3.8) is 0 Å². The lowest BCUT2D eigenvalue weighted by molar-refractivity contribution is 0.0864. The largest absolute Gasteiger partial charge is 0.307 e. The van der Waals surface area contributed by atoms with Crippen LogP contribution in [0.15, 0.2) is 54.6 Å². The lowest BCUT2D eigenvalue weighted by atomic mass is 9.74. The summed E-state index contributed by atoms with van der Waals surface area (Å²) in [6, 6.07) is 18.6. The summed E-state index contributed by atoms with van der Waals surface area (Å²) in [6.45, 7) is 8.96. The monoisotopic (exact) mass is 349 g/mol. The third-order valence-corrected chi connectivity index (χ3v) is 5.28. The third kappa shape index (κ3) is 5.04. The Morgan fingerprint density at radius 3 is 2.00 bits per heavy atom. The first kappa shape index (κ1) is 18.8. The van der Waals surface area contributed by atoms with E-state index in [-0.39, 0.29) is 16.9 Å². The van der Waals surface area contributed by atoms with Gasteiger partial charge < -0.3 is 5.32 Å². The Balaban J connectivity index is 1.63. The Morgan fingerprint density at radius 2 is 1.42 bits per heavy atom. The van der Waals surface area contributed by atoms with Crippen LogP contribution >= 0.6 is 0 Å². The van der Waals surface area contributed by atoms with Crippen molar-refractivity contribution in [1.29, 1.82) is 0 Å². The van der Waals surface area contributed by atoms with Crippen molar-refractivity contribution in [3.8, 4) is 0 Å². The second-order valence-corrected chi connectivity index (χ2v) is 9.15. The van der Waals surface area contributed by atoms with Crippen molar-refractivity contribution >= 4 is 5.78 Å². The zero-order valence-corrected chi connectivity index (χ0v) is 16.5. The van der Waals surface area contributed by atoms with Gasteiger partial charge in [-0.25, -0.2) is 0 Å². The number of Topliss-reactive ketones (excluding diaryl/α,β-unsaturated/α-hetero) is 1. The molecule has 1 heterocycles. The minimum Gasteiger partial charge on any atom is -0.307 e. The van der Waals surface area contributed by atoms with Gasteiger partial charge in [-0.1, -0.05) is 54.6 Å². The van der Waals surface area contributed by atoms with Gasteiger partial charge in [0.05, 0.1) is 0 Å². The van der Waals surface area contributed by atoms with Crippen LogP contribution in [-0.4, -0.2) is 16.9 Å². The van der Waals surface area contributed by atoms with Gasteiger partial charge in [0.15, 0.2) is 5.78 Å². The van der Waals surface area contributed by atoms with Gasteiger partial charge in [0.1, 0.15) is 0 Å². The molecule has 0 saturated carbocycles. The van der Waals surface area contributed by atoms with E-state index in [1.165, 1.54) is 11.1 Å². The lowest BCUT2D eigenvalue weighted by Crippen LogP contribution is -2.57. The molecule has 1 saturated heterocycles. The Kier molecular flexibility index (Phi) is 5.34. The molecule has 26 heavy (non-hydrogen) atoms. The van der Waals surface area contributed by atoms with Gasteiger partial charge >= 0.3 is 0 Å². The van der Waals surface area contributed by atoms with E-state index >= 15 is 0 Å². The molecule has 2 nitrogen and oxygen atoms in total. The van der Waals surface area contributed by atoms with E-state index in [1.807, 2.05) is 18.2 Å². The second-order valence-electron chi connectivity index (χ2n) is 9.15. The van der Waals surface area contributed by atoms with E-state index in [9.17, 15) is 4.79 Å². The fourth-order valence-corrected chi connectivity index (χ4v) is 4.70. The molecule has 1 N–H and O–H groups in total. The van der Waals surface area contributed by atoms with E-state index in [0.717, 1.165) is 24.8 Å². The molecule has 0 bridgehead atoms. The molecule has 2 aromatic rings. The van der Waals surface area contributed by atoms with E-state index in [0.29, 0.717) is 12.3 Å². The van der Waals surface area contributed by atoms with Crippen LogP contribution in [0.2, 0.25) is 0 Å². The fourth-order valence-electron chi connectivity index (χ4n) is 4.70. The molecule has 1 aliphatic heterocycles. The van der Waals surface area contributed by atoms with Crippen molar-refractivity contribution in [2.45, 2.75) is 64.5 Å². The van der Waals surface area contributed by atoms with Crippen LogP contribution in [0.1, 0.15) is 68.4 Å². The molecule has 3 rings (SSSR count). The fraction of sp³-hybridized carbons (Fsp3) is 0.458. The first-order chi connectivity index (χ1) is 12.2. The maximum absolute atomic E-state index is 12.8. The highest BCUT2D eigenvalue weighted by molar-refractivity contribution is 5.96. The normalized spacial score (nSPS) is 19.2. The molecule has 2 aromatic carbocycles. The highest BCUT2D eigenvalue weighted by Gasteiger charge is 2.38. The first-order valence-electron chi connectivity index (χ1n) is 9.68. The number of nitrogens with one attached hydrogen (secondary N) is 1. The molecule has 0 amide bonds. The first-order valence-corrected chi connectivity index (χ1v) is 9.68. The molecule has 0 radical (unpaired) electrons. The van der Waals surface area contributed by atoms with Crippen molar-refractivity contribution in [1.82, 2.24) is 5.32 Å². The zero-order valence-electron chi connectivity index (χ0n) is 16.5. The number of ketones is 1. The highest BCUT2D eigenvalue weighted by Crippen LogP contribution is 2.35. The van der Waals surface area contributed by atoms with Gasteiger partial charge in [-0.2, -0.15) is 0 Å². The molecule has 2 heteroatoms. The maximum atomic E-state index is 12.8. The van der Waals surface area contributed by atoms with Crippen LogP contribution in [0.3, 0.4) is 0 Å². The summed E-state index contributed by atoms with van der Waals surface area (Å²) in [5, 5.41) is 3.69. The Labute approximate surface area is 158 Å². The number of hydrogen-bond donors (Lipinski definition) is 1. The van der Waals surface area contributed by atoms with Crippen molar-refractivity contribution in [2.75, 3.05) is 0 Å². The summed E-state index contributed by atoms with van der Waals surface area (Å²) in [5.74, 6) is 0.715. The van der Waals surface area contributed by atoms with Gasteiger partial charge in [-0.05, 0) is 64.0 Å². The maximum Gasteiger partial charge on any atom is 0.163 e. The molecule has 0 atom stereocenters. The SMILES string of the molecule is CC1(C)CC(CC(=O)c2ccc(Cc3ccccc3)cc2)CC(C)(C)N1. The summed E-state index contributed by atoms with van der Waals surface area (Å²) in [6.07, 6.45) is 3.65. The van der Waals surface area contributed by atoms with Crippen LogP contribution in [0.5, 0.6) is 0 Å². The van der Waals surface area contributed by atoms with Crippen LogP contribution in [0.4, 0.5) is 0 Å². The average Bonchev–Trinajstić information content (AvgIpc) is 2.53. The standard InChI is InChI=1S/C24H31NO/c1-23(2)16-20(17-24(3,4)25-23)15-22(26)21-12-10-19(11-13-21)14-18-8-6-5-7-9-18/h5-13,20,25H,14-17H2,1-4H3. The van der Waals surface area contributed by atoms with Crippen molar-refractivity contribution in [3.05, 3.63) is 71.3 Å². The number of carbonyl (C=O) groups is 1.